The highest BCUT2D eigenvalue weighted by molar-refractivity contribution is 5.83. The fraction of sp³-hybridized carbons (Fsp3) is 0.417. The van der Waals surface area contributed by atoms with E-state index in [1.54, 1.807) is 13.8 Å². The average molecular weight is 206 g/mol. The van der Waals surface area contributed by atoms with Crippen LogP contribution in [0.5, 0.6) is 0 Å². The number of carbonyl (C=O) groups is 1. The van der Waals surface area contributed by atoms with Crippen molar-refractivity contribution in [2.45, 2.75) is 25.6 Å². The highest BCUT2D eigenvalue weighted by Crippen LogP contribution is 2.49. The van der Waals surface area contributed by atoms with E-state index in [2.05, 4.69) is 0 Å². The summed E-state index contributed by atoms with van der Waals surface area (Å²) >= 11 is 0. The average Bonchev–Trinajstić information content (AvgIpc) is 2.94. The van der Waals surface area contributed by atoms with Crippen LogP contribution in [0.1, 0.15) is 25.5 Å². The molecule has 1 heterocycles. The van der Waals surface area contributed by atoms with Gasteiger partial charge in [-0.25, -0.2) is 4.79 Å². The van der Waals surface area contributed by atoms with Crippen LogP contribution in [0.15, 0.2) is 30.3 Å². The zero-order chi connectivity index (χ0) is 10.9. The van der Waals surface area contributed by atoms with Gasteiger partial charge >= 0.3 is 5.97 Å². The molecule has 0 saturated carbocycles. The first-order valence-corrected chi connectivity index (χ1v) is 5.08. The monoisotopic (exact) mass is 206 g/mol. The second-order valence-corrected chi connectivity index (χ2v) is 3.74. The van der Waals surface area contributed by atoms with Crippen molar-refractivity contribution in [3.05, 3.63) is 35.9 Å². The summed E-state index contributed by atoms with van der Waals surface area (Å²) in [4.78, 5) is 11.6. The maximum absolute atomic E-state index is 11.6. The Kier molecular flexibility index (Phi) is 2.49. The molecule has 2 rings (SSSR count). The van der Waals surface area contributed by atoms with E-state index >= 15 is 0 Å². The molecule has 15 heavy (non-hydrogen) atoms. The molecular formula is C12H14O3. The van der Waals surface area contributed by atoms with Gasteiger partial charge in [0.05, 0.1) is 6.61 Å². The van der Waals surface area contributed by atoms with Gasteiger partial charge in [-0.05, 0) is 19.4 Å². The van der Waals surface area contributed by atoms with Crippen molar-refractivity contribution in [2.75, 3.05) is 6.61 Å². The molecule has 80 valence electrons. The van der Waals surface area contributed by atoms with E-state index in [-0.39, 0.29) is 12.1 Å². The second-order valence-electron chi connectivity index (χ2n) is 3.74. The van der Waals surface area contributed by atoms with Crippen molar-refractivity contribution >= 4 is 5.97 Å². The maximum Gasteiger partial charge on any atom is 0.341 e. The van der Waals surface area contributed by atoms with Crippen LogP contribution in [-0.4, -0.2) is 18.2 Å². The molecule has 1 aromatic rings. The molecule has 2 atom stereocenters. The molecule has 1 fully saturated rings. The van der Waals surface area contributed by atoms with Crippen molar-refractivity contribution in [1.82, 2.24) is 0 Å². The summed E-state index contributed by atoms with van der Waals surface area (Å²) < 4.78 is 10.4. The number of ether oxygens (including phenoxy) is 2. The molecule has 1 aromatic carbocycles. The van der Waals surface area contributed by atoms with E-state index in [1.807, 2.05) is 30.3 Å². The van der Waals surface area contributed by atoms with E-state index < -0.39 is 5.60 Å². The molecular weight excluding hydrogens is 192 g/mol. The van der Waals surface area contributed by atoms with Gasteiger partial charge in [-0.3, -0.25) is 0 Å². The number of carbonyl (C=O) groups excluding carboxylic acids is 1. The first kappa shape index (κ1) is 10.2. The van der Waals surface area contributed by atoms with Gasteiger partial charge < -0.3 is 9.47 Å². The van der Waals surface area contributed by atoms with Gasteiger partial charge in [0, 0.05) is 0 Å². The molecule has 0 spiro atoms. The molecule has 1 saturated heterocycles. The Balaban J connectivity index is 2.09. The van der Waals surface area contributed by atoms with Crippen LogP contribution in [-0.2, 0) is 14.3 Å². The number of hydrogen-bond donors (Lipinski definition) is 0. The Morgan fingerprint density at radius 3 is 2.73 bits per heavy atom. The summed E-state index contributed by atoms with van der Waals surface area (Å²) in [5.41, 5.74) is 0.241. The minimum Gasteiger partial charge on any atom is -0.464 e. The molecule has 0 aromatic heterocycles. The largest absolute Gasteiger partial charge is 0.464 e. The summed E-state index contributed by atoms with van der Waals surface area (Å²) in [6.45, 7) is 3.95. The maximum atomic E-state index is 11.6. The summed E-state index contributed by atoms with van der Waals surface area (Å²) in [6.07, 6.45) is -0.155. The second kappa shape index (κ2) is 3.66. The molecule has 3 nitrogen and oxygen atoms in total. The Morgan fingerprint density at radius 2 is 2.13 bits per heavy atom. The molecule has 3 heteroatoms. The SMILES string of the molecule is CCOC(=O)C1(C)OC1c1ccccc1. The van der Waals surface area contributed by atoms with Gasteiger partial charge in [-0.1, -0.05) is 30.3 Å². The number of hydrogen-bond acceptors (Lipinski definition) is 3. The Hall–Kier alpha value is -1.35. The fourth-order valence-electron chi connectivity index (χ4n) is 1.65. The normalized spacial score (nSPS) is 28.5. The summed E-state index contributed by atoms with van der Waals surface area (Å²) in [5.74, 6) is -0.279. The predicted molar refractivity (Wildman–Crippen MR) is 55.3 cm³/mol. The van der Waals surface area contributed by atoms with Gasteiger partial charge in [0.1, 0.15) is 6.10 Å². The summed E-state index contributed by atoms with van der Waals surface area (Å²) in [7, 11) is 0. The van der Waals surface area contributed by atoms with E-state index in [4.69, 9.17) is 9.47 Å². The van der Waals surface area contributed by atoms with Crippen LogP contribution in [0, 0.1) is 0 Å². The van der Waals surface area contributed by atoms with E-state index in [0.29, 0.717) is 6.61 Å². The van der Waals surface area contributed by atoms with Gasteiger partial charge in [0.25, 0.3) is 0 Å². The van der Waals surface area contributed by atoms with Crippen LogP contribution in [0.25, 0.3) is 0 Å². The summed E-state index contributed by atoms with van der Waals surface area (Å²) in [6, 6.07) is 9.71. The van der Waals surface area contributed by atoms with Crippen LogP contribution in [0.2, 0.25) is 0 Å². The Labute approximate surface area is 89.0 Å². The standard InChI is InChI=1S/C12H14O3/c1-3-14-11(13)12(2)10(15-12)9-7-5-4-6-8-9/h4-8,10H,3H2,1-2H3. The molecule has 1 aliphatic rings. The zero-order valence-electron chi connectivity index (χ0n) is 8.90. The van der Waals surface area contributed by atoms with Gasteiger partial charge in [0.2, 0.25) is 0 Å². The smallest absolute Gasteiger partial charge is 0.341 e. The van der Waals surface area contributed by atoms with Crippen molar-refractivity contribution in [2.24, 2.45) is 0 Å². The summed E-state index contributed by atoms with van der Waals surface area (Å²) in [5, 5.41) is 0. The molecule has 0 aliphatic carbocycles. The third kappa shape index (κ3) is 1.75. The minimum atomic E-state index is -0.780. The lowest BCUT2D eigenvalue weighted by Crippen LogP contribution is -2.24. The Bertz CT molecular complexity index is 360. The van der Waals surface area contributed by atoms with Crippen molar-refractivity contribution in [3.8, 4) is 0 Å². The van der Waals surface area contributed by atoms with E-state index in [0.717, 1.165) is 5.56 Å². The molecule has 0 N–H and O–H groups in total. The van der Waals surface area contributed by atoms with Crippen molar-refractivity contribution < 1.29 is 14.3 Å². The first-order valence-electron chi connectivity index (χ1n) is 5.08. The number of epoxide rings is 1. The lowest BCUT2D eigenvalue weighted by molar-refractivity contribution is -0.148. The molecule has 1 aliphatic heterocycles. The van der Waals surface area contributed by atoms with Crippen LogP contribution in [0.3, 0.4) is 0 Å². The number of rotatable bonds is 3. The van der Waals surface area contributed by atoms with Gasteiger partial charge in [-0.15, -0.1) is 0 Å². The third-order valence-corrected chi connectivity index (χ3v) is 2.59. The molecule has 0 radical (unpaired) electrons. The highest BCUT2D eigenvalue weighted by Gasteiger charge is 2.60. The van der Waals surface area contributed by atoms with Crippen LogP contribution < -0.4 is 0 Å². The minimum absolute atomic E-state index is 0.155. The van der Waals surface area contributed by atoms with Crippen molar-refractivity contribution in [1.29, 1.82) is 0 Å². The van der Waals surface area contributed by atoms with E-state index in [9.17, 15) is 4.79 Å². The van der Waals surface area contributed by atoms with E-state index in [1.165, 1.54) is 0 Å². The Morgan fingerprint density at radius 1 is 1.47 bits per heavy atom. The van der Waals surface area contributed by atoms with Gasteiger partial charge in [-0.2, -0.15) is 0 Å². The lowest BCUT2D eigenvalue weighted by Gasteiger charge is -2.05. The fourth-order valence-corrected chi connectivity index (χ4v) is 1.65. The topological polar surface area (TPSA) is 38.8 Å². The number of benzene rings is 1. The molecule has 2 unspecified atom stereocenters. The van der Waals surface area contributed by atoms with Gasteiger partial charge in [0.15, 0.2) is 5.60 Å². The molecule has 0 bridgehead atoms. The highest BCUT2D eigenvalue weighted by atomic mass is 16.7. The third-order valence-electron chi connectivity index (χ3n) is 2.59. The first-order chi connectivity index (χ1) is 7.18. The predicted octanol–water partition coefficient (Wildman–Crippen LogP) is 2.08. The van der Waals surface area contributed by atoms with Crippen LogP contribution >= 0.6 is 0 Å². The van der Waals surface area contributed by atoms with Crippen molar-refractivity contribution in [3.63, 3.8) is 0 Å². The number of esters is 1. The quantitative estimate of drug-likeness (QED) is 0.561. The zero-order valence-corrected chi connectivity index (χ0v) is 8.90. The van der Waals surface area contributed by atoms with Crippen LogP contribution in [0.4, 0.5) is 0 Å². The lowest BCUT2D eigenvalue weighted by atomic mass is 10.0. The molecule has 0 amide bonds.